The normalized spacial score (nSPS) is 10.5. The van der Waals surface area contributed by atoms with E-state index in [4.69, 9.17) is 11.6 Å². The maximum atomic E-state index is 12.9. The molecule has 0 bridgehead atoms. The molecule has 0 radical (unpaired) electrons. The summed E-state index contributed by atoms with van der Waals surface area (Å²) in [7, 11) is 0. The Morgan fingerprint density at radius 2 is 1.60 bits per heavy atom. The van der Waals surface area contributed by atoms with Crippen molar-refractivity contribution in [2.24, 2.45) is 0 Å². The van der Waals surface area contributed by atoms with Crippen LogP contribution in [0.25, 0.3) is 0 Å². The molecule has 0 saturated heterocycles. The van der Waals surface area contributed by atoms with Crippen molar-refractivity contribution in [3.05, 3.63) is 29.3 Å². The fourth-order valence-corrected chi connectivity index (χ4v) is 1.02. The van der Waals surface area contributed by atoms with Crippen LogP contribution in [0.15, 0.2) is 6.07 Å². The molecule has 0 aliphatic heterocycles. The molecule has 0 heterocycles. The lowest BCUT2D eigenvalue weighted by Crippen LogP contribution is -2.05. The van der Waals surface area contributed by atoms with Crippen LogP contribution in [0.1, 0.15) is 6.42 Å². The summed E-state index contributed by atoms with van der Waals surface area (Å²) in [6, 6.07) is 0.124. The molecule has 0 atom stereocenters. The topological polar surface area (TPSA) is 9.23 Å². The predicted octanol–water partition coefficient (Wildman–Crippen LogP) is 3.25. The Morgan fingerprint density at radius 1 is 1.07 bits per heavy atom. The smallest absolute Gasteiger partial charge is 0.203 e. The van der Waals surface area contributed by atoms with Crippen LogP contribution in [-0.2, 0) is 0 Å². The molecule has 0 spiro atoms. The second kappa shape index (κ2) is 5.21. The van der Waals surface area contributed by atoms with Gasteiger partial charge in [0.15, 0.2) is 17.4 Å². The third-order valence-electron chi connectivity index (χ3n) is 1.60. The average molecular weight is 243 g/mol. The van der Waals surface area contributed by atoms with Gasteiger partial charge in [-0.3, -0.25) is 0 Å². The zero-order valence-electron chi connectivity index (χ0n) is 7.50. The van der Waals surface area contributed by atoms with Gasteiger partial charge in [-0.2, -0.15) is 8.78 Å². The average Bonchev–Trinajstić information content (AvgIpc) is 2.20. The van der Waals surface area contributed by atoms with Gasteiger partial charge in [0.25, 0.3) is 0 Å². The number of hydrogen-bond donors (Lipinski definition) is 0. The van der Waals surface area contributed by atoms with Crippen LogP contribution in [0.2, 0.25) is 0 Å². The van der Waals surface area contributed by atoms with Crippen molar-refractivity contribution in [1.29, 1.82) is 0 Å². The summed E-state index contributed by atoms with van der Waals surface area (Å²) in [6.07, 6.45) is 0.318. The molecule has 0 N–H and O–H groups in total. The summed E-state index contributed by atoms with van der Waals surface area (Å²) in [5, 5.41) is 0. The second-order valence-corrected chi connectivity index (χ2v) is 3.07. The first-order chi connectivity index (χ1) is 7.07. The SMILES string of the molecule is Fc1cc(F)c(F)c(OCCCCl)c1F. The van der Waals surface area contributed by atoms with E-state index in [1.165, 1.54) is 0 Å². The van der Waals surface area contributed by atoms with Gasteiger partial charge < -0.3 is 4.74 Å². The van der Waals surface area contributed by atoms with Gasteiger partial charge in [-0.25, -0.2) is 8.78 Å². The van der Waals surface area contributed by atoms with Gasteiger partial charge in [-0.15, -0.1) is 11.6 Å². The number of rotatable bonds is 4. The maximum Gasteiger partial charge on any atom is 0.203 e. The van der Waals surface area contributed by atoms with Crippen molar-refractivity contribution >= 4 is 11.6 Å². The molecule has 0 aromatic heterocycles. The molecule has 1 rings (SSSR count). The molecule has 0 amide bonds. The highest BCUT2D eigenvalue weighted by Crippen LogP contribution is 2.26. The van der Waals surface area contributed by atoms with Crippen LogP contribution >= 0.6 is 11.6 Å². The molecule has 0 fully saturated rings. The molecule has 1 aromatic carbocycles. The summed E-state index contributed by atoms with van der Waals surface area (Å²) in [5.41, 5.74) is 0. The Hall–Kier alpha value is -0.970. The standard InChI is InChI=1S/C9H7ClF4O/c10-2-1-3-15-9-7(13)5(11)4-6(12)8(9)14/h4H,1-3H2. The van der Waals surface area contributed by atoms with E-state index in [0.29, 0.717) is 6.42 Å². The number of ether oxygens (including phenoxy) is 1. The zero-order valence-corrected chi connectivity index (χ0v) is 8.25. The van der Waals surface area contributed by atoms with Gasteiger partial charge in [-0.05, 0) is 6.42 Å². The van der Waals surface area contributed by atoms with Crippen molar-refractivity contribution in [3.63, 3.8) is 0 Å². The molecular formula is C9H7ClF4O. The first-order valence-electron chi connectivity index (χ1n) is 4.09. The summed E-state index contributed by atoms with van der Waals surface area (Å²) in [6.45, 7) is -0.111. The van der Waals surface area contributed by atoms with Crippen LogP contribution in [-0.4, -0.2) is 12.5 Å². The Bertz CT molecular complexity index is 330. The lowest BCUT2D eigenvalue weighted by molar-refractivity contribution is 0.272. The minimum atomic E-state index is -1.54. The van der Waals surface area contributed by atoms with Crippen molar-refractivity contribution in [1.82, 2.24) is 0 Å². The highest BCUT2D eigenvalue weighted by molar-refractivity contribution is 6.17. The van der Waals surface area contributed by atoms with Crippen molar-refractivity contribution in [2.45, 2.75) is 6.42 Å². The molecule has 0 unspecified atom stereocenters. The first kappa shape index (κ1) is 12.1. The van der Waals surface area contributed by atoms with Gasteiger partial charge in [0.1, 0.15) is 0 Å². The van der Waals surface area contributed by atoms with Gasteiger partial charge in [0, 0.05) is 11.9 Å². The van der Waals surface area contributed by atoms with E-state index >= 15 is 0 Å². The van der Waals surface area contributed by atoms with E-state index < -0.39 is 29.0 Å². The van der Waals surface area contributed by atoms with E-state index in [0.717, 1.165) is 0 Å². The molecule has 0 aliphatic rings. The Labute approximate surface area is 88.6 Å². The predicted molar refractivity (Wildman–Crippen MR) is 47.1 cm³/mol. The Morgan fingerprint density at radius 3 is 2.07 bits per heavy atom. The highest BCUT2D eigenvalue weighted by Gasteiger charge is 2.20. The molecule has 15 heavy (non-hydrogen) atoms. The molecule has 84 valence electrons. The van der Waals surface area contributed by atoms with Crippen molar-refractivity contribution in [3.8, 4) is 5.75 Å². The quantitative estimate of drug-likeness (QED) is 0.341. The number of alkyl halides is 1. The maximum absolute atomic E-state index is 12.9. The summed E-state index contributed by atoms with van der Waals surface area (Å²) >= 11 is 5.29. The van der Waals surface area contributed by atoms with Gasteiger partial charge in [-0.1, -0.05) is 0 Å². The molecule has 0 aliphatic carbocycles. The molecule has 6 heteroatoms. The van der Waals surface area contributed by atoms with Crippen molar-refractivity contribution in [2.75, 3.05) is 12.5 Å². The Kier molecular flexibility index (Phi) is 4.20. The van der Waals surface area contributed by atoms with Crippen LogP contribution in [0.4, 0.5) is 17.6 Å². The summed E-state index contributed by atoms with van der Waals surface area (Å²) in [4.78, 5) is 0. The fraction of sp³-hybridized carbons (Fsp3) is 0.333. The molecule has 1 aromatic rings. The van der Waals surface area contributed by atoms with E-state index in [1.54, 1.807) is 0 Å². The first-order valence-corrected chi connectivity index (χ1v) is 4.63. The minimum absolute atomic E-state index is 0.111. The van der Waals surface area contributed by atoms with Crippen LogP contribution in [0.3, 0.4) is 0 Å². The summed E-state index contributed by atoms with van der Waals surface area (Å²) < 4.78 is 55.7. The van der Waals surface area contributed by atoms with E-state index in [1.807, 2.05) is 0 Å². The molecule has 0 saturated carbocycles. The third-order valence-corrected chi connectivity index (χ3v) is 1.86. The number of halogens is 5. The lowest BCUT2D eigenvalue weighted by atomic mass is 10.3. The summed E-state index contributed by atoms with van der Waals surface area (Å²) in [5.74, 6) is -6.88. The van der Waals surface area contributed by atoms with Gasteiger partial charge in [0.05, 0.1) is 6.61 Å². The van der Waals surface area contributed by atoms with E-state index in [2.05, 4.69) is 4.74 Å². The van der Waals surface area contributed by atoms with E-state index in [-0.39, 0.29) is 18.6 Å². The molecule has 1 nitrogen and oxygen atoms in total. The largest absolute Gasteiger partial charge is 0.487 e. The minimum Gasteiger partial charge on any atom is -0.487 e. The van der Waals surface area contributed by atoms with Crippen LogP contribution in [0, 0.1) is 23.3 Å². The van der Waals surface area contributed by atoms with Crippen molar-refractivity contribution < 1.29 is 22.3 Å². The highest BCUT2D eigenvalue weighted by atomic mass is 35.5. The monoisotopic (exact) mass is 242 g/mol. The number of hydrogen-bond acceptors (Lipinski definition) is 1. The third kappa shape index (κ3) is 2.75. The lowest BCUT2D eigenvalue weighted by Gasteiger charge is -2.08. The zero-order chi connectivity index (χ0) is 11.4. The van der Waals surface area contributed by atoms with Gasteiger partial charge >= 0.3 is 0 Å². The molecular weight excluding hydrogens is 236 g/mol. The van der Waals surface area contributed by atoms with Crippen LogP contribution < -0.4 is 4.74 Å². The number of benzene rings is 1. The van der Waals surface area contributed by atoms with Gasteiger partial charge in [0.2, 0.25) is 11.6 Å². The van der Waals surface area contributed by atoms with Crippen LogP contribution in [0.5, 0.6) is 5.75 Å². The van der Waals surface area contributed by atoms with E-state index in [9.17, 15) is 17.6 Å². The fourth-order valence-electron chi connectivity index (χ4n) is 0.907. The second-order valence-electron chi connectivity index (χ2n) is 2.69. The Balaban J connectivity index is 2.94.